The Kier molecular flexibility index (Phi) is 5.02. The van der Waals surface area contributed by atoms with Crippen LogP contribution in [-0.2, 0) is 4.74 Å². The van der Waals surface area contributed by atoms with Crippen molar-refractivity contribution in [2.24, 2.45) is 11.1 Å². The third-order valence-electron chi connectivity index (χ3n) is 5.00. The number of benzene rings is 1. The second-order valence-electron chi connectivity index (χ2n) is 7.15. The number of ether oxygens (including phenoxy) is 1. The minimum absolute atomic E-state index is 0.119. The summed E-state index contributed by atoms with van der Waals surface area (Å²) in [6.07, 6.45) is 4.33. The summed E-state index contributed by atoms with van der Waals surface area (Å²) in [5.74, 6) is 0. The zero-order valence-electron chi connectivity index (χ0n) is 13.7. The molecular weight excluding hydrogens is 282 g/mol. The lowest BCUT2D eigenvalue weighted by molar-refractivity contribution is -0.100. The van der Waals surface area contributed by atoms with Crippen molar-refractivity contribution >= 4 is 11.6 Å². The van der Waals surface area contributed by atoms with Gasteiger partial charge in [-0.05, 0) is 62.1 Å². The Labute approximate surface area is 134 Å². The lowest BCUT2D eigenvalue weighted by atomic mass is 9.67. The summed E-state index contributed by atoms with van der Waals surface area (Å²) in [5.41, 5.74) is 8.93. The van der Waals surface area contributed by atoms with Gasteiger partial charge in [-0.2, -0.15) is 0 Å². The van der Waals surface area contributed by atoms with E-state index in [0.29, 0.717) is 12.0 Å². The van der Waals surface area contributed by atoms with Crippen LogP contribution < -0.4 is 5.73 Å². The zero-order valence-corrected chi connectivity index (χ0v) is 14.5. The lowest BCUT2D eigenvalue weighted by Gasteiger charge is -2.46. The molecule has 0 heterocycles. The van der Waals surface area contributed by atoms with Gasteiger partial charge in [0.15, 0.2) is 0 Å². The van der Waals surface area contributed by atoms with Gasteiger partial charge in [-0.3, -0.25) is 0 Å². The molecule has 2 N–H and O–H groups in total. The molecular formula is C18H28ClNO. The molecule has 0 amide bonds. The van der Waals surface area contributed by atoms with Gasteiger partial charge in [-0.1, -0.05) is 37.6 Å². The molecule has 21 heavy (non-hydrogen) atoms. The van der Waals surface area contributed by atoms with Crippen LogP contribution >= 0.6 is 11.6 Å². The van der Waals surface area contributed by atoms with Crippen LogP contribution in [0.25, 0.3) is 0 Å². The predicted molar refractivity (Wildman–Crippen MR) is 89.7 cm³/mol. The Balaban J connectivity index is 2.27. The van der Waals surface area contributed by atoms with E-state index in [2.05, 4.69) is 26.8 Å². The number of rotatable bonds is 4. The van der Waals surface area contributed by atoms with Crippen LogP contribution in [0.2, 0.25) is 5.02 Å². The van der Waals surface area contributed by atoms with E-state index in [9.17, 15) is 0 Å². The van der Waals surface area contributed by atoms with E-state index in [1.54, 1.807) is 0 Å². The Bertz CT molecular complexity index is 488. The number of aryl methyl sites for hydroxylation is 1. The summed E-state index contributed by atoms with van der Waals surface area (Å²) in [5, 5.41) is 0.783. The molecule has 0 radical (unpaired) electrons. The van der Waals surface area contributed by atoms with Crippen molar-refractivity contribution in [1.82, 2.24) is 0 Å². The monoisotopic (exact) mass is 309 g/mol. The number of halogens is 1. The highest BCUT2D eigenvalue weighted by atomic mass is 35.5. The van der Waals surface area contributed by atoms with Crippen LogP contribution in [0.3, 0.4) is 0 Å². The SMILES string of the molecule is CCOC1(C(N)c2ccc(C)c(Cl)c2)CCC(C)(C)CC1. The summed E-state index contributed by atoms with van der Waals surface area (Å²) in [7, 11) is 0. The summed E-state index contributed by atoms with van der Waals surface area (Å²) in [4.78, 5) is 0. The van der Waals surface area contributed by atoms with Crippen molar-refractivity contribution in [2.45, 2.75) is 65.0 Å². The standard InChI is InChI=1S/C18H28ClNO/c1-5-21-18(10-8-17(3,4)9-11-18)16(20)14-7-6-13(2)15(19)12-14/h6-7,12,16H,5,8-11,20H2,1-4H3. The molecule has 1 aliphatic carbocycles. The van der Waals surface area contributed by atoms with Crippen molar-refractivity contribution in [2.75, 3.05) is 6.61 Å². The second kappa shape index (κ2) is 6.28. The van der Waals surface area contributed by atoms with E-state index in [0.717, 1.165) is 41.8 Å². The molecule has 0 aliphatic heterocycles. The number of hydrogen-bond donors (Lipinski definition) is 1. The Morgan fingerprint density at radius 2 is 1.86 bits per heavy atom. The highest BCUT2D eigenvalue weighted by Crippen LogP contribution is 2.47. The van der Waals surface area contributed by atoms with E-state index in [-0.39, 0.29) is 11.6 Å². The molecule has 1 aliphatic rings. The molecule has 2 rings (SSSR count). The van der Waals surface area contributed by atoms with Crippen LogP contribution in [-0.4, -0.2) is 12.2 Å². The fourth-order valence-corrected chi connectivity index (χ4v) is 3.48. The van der Waals surface area contributed by atoms with Crippen molar-refractivity contribution in [3.63, 3.8) is 0 Å². The highest BCUT2D eigenvalue weighted by molar-refractivity contribution is 6.31. The number of hydrogen-bond acceptors (Lipinski definition) is 2. The van der Waals surface area contributed by atoms with Gasteiger partial charge >= 0.3 is 0 Å². The van der Waals surface area contributed by atoms with Crippen molar-refractivity contribution in [3.05, 3.63) is 34.3 Å². The molecule has 0 saturated heterocycles. The molecule has 1 aromatic carbocycles. The fraction of sp³-hybridized carbons (Fsp3) is 0.667. The Morgan fingerprint density at radius 3 is 2.38 bits per heavy atom. The highest BCUT2D eigenvalue weighted by Gasteiger charge is 2.43. The van der Waals surface area contributed by atoms with Gasteiger partial charge in [0.1, 0.15) is 0 Å². The minimum Gasteiger partial charge on any atom is -0.373 e. The first-order chi connectivity index (χ1) is 9.80. The maximum absolute atomic E-state index is 6.61. The molecule has 1 unspecified atom stereocenters. The van der Waals surface area contributed by atoms with Crippen LogP contribution in [0, 0.1) is 12.3 Å². The molecule has 1 aromatic rings. The number of nitrogens with two attached hydrogens (primary N) is 1. The van der Waals surface area contributed by atoms with Gasteiger partial charge in [0.25, 0.3) is 0 Å². The van der Waals surface area contributed by atoms with Gasteiger partial charge in [0, 0.05) is 11.6 Å². The molecule has 1 atom stereocenters. The third-order valence-corrected chi connectivity index (χ3v) is 5.41. The van der Waals surface area contributed by atoms with Crippen LogP contribution in [0.4, 0.5) is 0 Å². The van der Waals surface area contributed by atoms with Gasteiger partial charge in [-0.15, -0.1) is 0 Å². The molecule has 1 fully saturated rings. The van der Waals surface area contributed by atoms with Crippen LogP contribution in [0.15, 0.2) is 18.2 Å². The van der Waals surface area contributed by atoms with Gasteiger partial charge in [0.2, 0.25) is 0 Å². The first-order valence-corrected chi connectivity index (χ1v) is 8.33. The van der Waals surface area contributed by atoms with Crippen molar-refractivity contribution in [1.29, 1.82) is 0 Å². The molecule has 0 spiro atoms. The lowest BCUT2D eigenvalue weighted by Crippen LogP contribution is -2.48. The van der Waals surface area contributed by atoms with E-state index in [4.69, 9.17) is 22.1 Å². The minimum atomic E-state index is -0.247. The summed E-state index contributed by atoms with van der Waals surface area (Å²) < 4.78 is 6.18. The van der Waals surface area contributed by atoms with E-state index in [1.165, 1.54) is 0 Å². The van der Waals surface area contributed by atoms with Crippen LogP contribution in [0.5, 0.6) is 0 Å². The summed E-state index contributed by atoms with van der Waals surface area (Å²) >= 11 is 6.27. The quantitative estimate of drug-likeness (QED) is 0.847. The smallest absolute Gasteiger partial charge is 0.0874 e. The Morgan fingerprint density at radius 1 is 1.24 bits per heavy atom. The first-order valence-electron chi connectivity index (χ1n) is 7.95. The second-order valence-corrected chi connectivity index (χ2v) is 7.56. The van der Waals surface area contributed by atoms with Gasteiger partial charge in [0.05, 0.1) is 11.6 Å². The maximum Gasteiger partial charge on any atom is 0.0874 e. The molecule has 2 nitrogen and oxygen atoms in total. The average Bonchev–Trinajstić information content (AvgIpc) is 2.44. The van der Waals surface area contributed by atoms with Gasteiger partial charge < -0.3 is 10.5 Å². The molecule has 118 valence electrons. The first kappa shape index (κ1) is 16.8. The van der Waals surface area contributed by atoms with Crippen molar-refractivity contribution in [3.8, 4) is 0 Å². The maximum atomic E-state index is 6.61. The summed E-state index contributed by atoms with van der Waals surface area (Å²) in [6.45, 7) is 9.43. The molecule has 0 aromatic heterocycles. The average molecular weight is 310 g/mol. The molecule has 1 saturated carbocycles. The topological polar surface area (TPSA) is 35.2 Å². The predicted octanol–water partition coefficient (Wildman–Crippen LogP) is 5.02. The largest absolute Gasteiger partial charge is 0.373 e. The fourth-order valence-electron chi connectivity index (χ4n) is 3.29. The normalized spacial score (nSPS) is 22.0. The van der Waals surface area contributed by atoms with Crippen LogP contribution in [0.1, 0.15) is 63.6 Å². The van der Waals surface area contributed by atoms with Crippen molar-refractivity contribution < 1.29 is 4.74 Å². The zero-order chi connectivity index (χ0) is 15.7. The molecule has 0 bridgehead atoms. The van der Waals surface area contributed by atoms with Gasteiger partial charge in [-0.25, -0.2) is 0 Å². The summed E-state index contributed by atoms with van der Waals surface area (Å²) in [6, 6.07) is 6.02. The third kappa shape index (κ3) is 3.61. The van der Waals surface area contributed by atoms with E-state index < -0.39 is 0 Å². The molecule has 3 heteroatoms. The van der Waals surface area contributed by atoms with E-state index >= 15 is 0 Å². The Hall–Kier alpha value is -0.570. The van der Waals surface area contributed by atoms with E-state index in [1.807, 2.05) is 19.1 Å².